The number of aryl methyl sites for hydroxylation is 1. The van der Waals surface area contributed by atoms with Gasteiger partial charge < -0.3 is 20.6 Å². The molecule has 3 rings (SSSR count). The van der Waals surface area contributed by atoms with E-state index in [1.54, 1.807) is 0 Å². The predicted molar refractivity (Wildman–Crippen MR) is 88.3 cm³/mol. The van der Waals surface area contributed by atoms with Crippen molar-refractivity contribution in [1.82, 2.24) is 5.32 Å². The molecule has 0 fully saturated rings. The number of aliphatic hydroxyl groups is 1. The second kappa shape index (κ2) is 6.40. The minimum absolute atomic E-state index is 0.000843. The molecule has 1 aromatic rings. The Hall–Kier alpha value is -2.01. The summed E-state index contributed by atoms with van der Waals surface area (Å²) in [5.41, 5.74) is 3.36. The summed E-state index contributed by atoms with van der Waals surface area (Å²) in [6, 6.07) is 5.88. The highest BCUT2D eigenvalue weighted by Crippen LogP contribution is 2.28. The van der Waals surface area contributed by atoms with Crippen LogP contribution >= 0.6 is 0 Å². The number of aliphatic hydroxyl groups excluding tert-OH is 1. The fourth-order valence-electron chi connectivity index (χ4n) is 3.22. The number of fused-ring (bicyclic) bond motifs is 1. The average Bonchev–Trinajstić information content (AvgIpc) is 2.95. The Morgan fingerprint density at radius 1 is 1.41 bits per heavy atom. The third-order valence-corrected chi connectivity index (χ3v) is 4.41. The number of nitrogens with zero attached hydrogens (tertiary/aromatic N) is 1. The van der Waals surface area contributed by atoms with Crippen LogP contribution in [0.1, 0.15) is 18.4 Å². The van der Waals surface area contributed by atoms with Gasteiger partial charge in [-0.15, -0.1) is 0 Å². The van der Waals surface area contributed by atoms with E-state index in [-0.39, 0.29) is 24.6 Å². The lowest BCUT2D eigenvalue weighted by atomic mass is 10.0. The van der Waals surface area contributed by atoms with Gasteiger partial charge in [-0.05, 0) is 43.0 Å². The Morgan fingerprint density at radius 2 is 2.27 bits per heavy atom. The van der Waals surface area contributed by atoms with Crippen LogP contribution in [0.15, 0.2) is 30.4 Å². The maximum Gasteiger partial charge on any atom is 0.319 e. The highest BCUT2D eigenvalue weighted by atomic mass is 16.3. The van der Waals surface area contributed by atoms with Crippen LogP contribution in [-0.2, 0) is 6.42 Å². The minimum atomic E-state index is -0.197. The van der Waals surface area contributed by atoms with Gasteiger partial charge in [0.15, 0.2) is 0 Å². The zero-order chi connectivity index (χ0) is 15.5. The summed E-state index contributed by atoms with van der Waals surface area (Å²) in [4.78, 5) is 14.3. The quantitative estimate of drug-likeness (QED) is 0.749. The number of rotatable bonds is 3. The standard InChI is InChI=1S/C17H23N3O2/c1-20-8-2-3-13-10-15(6-7-16(13)20)19-17(22)18-14-5-4-12(9-14)11-21/h4-7,10,12,14,21H,2-3,8-9,11H2,1H3,(H2,18,19,22)/t12-,14+/m0/s1. The average molecular weight is 301 g/mol. The molecule has 22 heavy (non-hydrogen) atoms. The van der Waals surface area contributed by atoms with Crippen LogP contribution in [0.4, 0.5) is 16.2 Å². The fraction of sp³-hybridized carbons (Fsp3) is 0.471. The van der Waals surface area contributed by atoms with Crippen molar-refractivity contribution >= 4 is 17.4 Å². The molecule has 5 heteroatoms. The predicted octanol–water partition coefficient (Wildman–Crippen LogP) is 2.13. The van der Waals surface area contributed by atoms with Gasteiger partial charge in [-0.1, -0.05) is 12.2 Å². The smallest absolute Gasteiger partial charge is 0.319 e. The lowest BCUT2D eigenvalue weighted by Crippen LogP contribution is -2.36. The molecule has 2 aliphatic rings. The largest absolute Gasteiger partial charge is 0.396 e. The fourth-order valence-corrected chi connectivity index (χ4v) is 3.22. The summed E-state index contributed by atoms with van der Waals surface area (Å²) in [5.74, 6) is 0.157. The molecule has 5 nitrogen and oxygen atoms in total. The molecule has 1 heterocycles. The number of carbonyl (C=O) groups is 1. The summed E-state index contributed by atoms with van der Waals surface area (Å²) >= 11 is 0. The van der Waals surface area contributed by atoms with Crippen molar-refractivity contribution in [1.29, 1.82) is 0 Å². The summed E-state index contributed by atoms with van der Waals surface area (Å²) in [5, 5.41) is 14.9. The van der Waals surface area contributed by atoms with Gasteiger partial charge in [0.1, 0.15) is 0 Å². The van der Waals surface area contributed by atoms with E-state index in [0.29, 0.717) is 0 Å². The zero-order valence-corrected chi connectivity index (χ0v) is 12.9. The molecule has 1 aliphatic carbocycles. The van der Waals surface area contributed by atoms with E-state index in [4.69, 9.17) is 5.11 Å². The Bertz CT molecular complexity index is 585. The van der Waals surface area contributed by atoms with Crippen molar-refractivity contribution in [3.8, 4) is 0 Å². The van der Waals surface area contributed by atoms with E-state index in [9.17, 15) is 4.79 Å². The summed E-state index contributed by atoms with van der Waals surface area (Å²) in [6.07, 6.45) is 6.87. The monoisotopic (exact) mass is 301 g/mol. The maximum absolute atomic E-state index is 12.1. The van der Waals surface area contributed by atoms with Crippen LogP contribution in [0, 0.1) is 5.92 Å². The molecule has 0 unspecified atom stereocenters. The Morgan fingerprint density at radius 3 is 3.05 bits per heavy atom. The van der Waals surface area contributed by atoms with E-state index in [2.05, 4.69) is 34.7 Å². The molecule has 3 N–H and O–H groups in total. The molecule has 1 aromatic carbocycles. The molecule has 2 atom stereocenters. The Kier molecular flexibility index (Phi) is 4.34. The first kappa shape index (κ1) is 14.9. The van der Waals surface area contributed by atoms with Gasteiger partial charge in [0.2, 0.25) is 0 Å². The first-order valence-corrected chi connectivity index (χ1v) is 7.86. The number of benzene rings is 1. The van der Waals surface area contributed by atoms with Gasteiger partial charge in [0.05, 0.1) is 0 Å². The lowest BCUT2D eigenvalue weighted by molar-refractivity contribution is 0.238. The van der Waals surface area contributed by atoms with E-state index in [1.807, 2.05) is 18.2 Å². The molecule has 0 saturated heterocycles. The first-order valence-electron chi connectivity index (χ1n) is 7.86. The van der Waals surface area contributed by atoms with Crippen molar-refractivity contribution in [2.24, 2.45) is 5.92 Å². The van der Waals surface area contributed by atoms with Gasteiger partial charge in [0.25, 0.3) is 0 Å². The van der Waals surface area contributed by atoms with Crippen LogP contribution in [-0.4, -0.2) is 37.4 Å². The molecule has 118 valence electrons. The second-order valence-electron chi connectivity index (χ2n) is 6.14. The van der Waals surface area contributed by atoms with E-state index in [1.165, 1.54) is 11.3 Å². The number of carbonyl (C=O) groups excluding carboxylic acids is 1. The molecule has 2 amide bonds. The molecular weight excluding hydrogens is 278 g/mol. The highest BCUT2D eigenvalue weighted by Gasteiger charge is 2.20. The summed E-state index contributed by atoms with van der Waals surface area (Å²) < 4.78 is 0. The zero-order valence-electron chi connectivity index (χ0n) is 12.9. The van der Waals surface area contributed by atoms with E-state index < -0.39 is 0 Å². The SMILES string of the molecule is CN1CCCc2cc(NC(=O)N[C@@H]3C=C[C@H](CO)C3)ccc21. The van der Waals surface area contributed by atoms with Gasteiger partial charge in [-0.25, -0.2) is 4.79 Å². The summed E-state index contributed by atoms with van der Waals surface area (Å²) in [6.45, 7) is 1.22. The van der Waals surface area contributed by atoms with Crippen LogP contribution in [0.5, 0.6) is 0 Å². The number of urea groups is 1. The number of anilines is 2. The lowest BCUT2D eigenvalue weighted by Gasteiger charge is -2.27. The van der Waals surface area contributed by atoms with Crippen LogP contribution in [0.25, 0.3) is 0 Å². The van der Waals surface area contributed by atoms with Crippen LogP contribution < -0.4 is 15.5 Å². The second-order valence-corrected chi connectivity index (χ2v) is 6.14. The van der Waals surface area contributed by atoms with Gasteiger partial charge in [0, 0.05) is 43.5 Å². The summed E-state index contributed by atoms with van der Waals surface area (Å²) in [7, 11) is 2.10. The minimum Gasteiger partial charge on any atom is -0.396 e. The molecule has 0 saturated carbocycles. The van der Waals surface area contributed by atoms with E-state index >= 15 is 0 Å². The van der Waals surface area contributed by atoms with Crippen LogP contribution in [0.3, 0.4) is 0 Å². The van der Waals surface area contributed by atoms with Gasteiger partial charge >= 0.3 is 6.03 Å². The third-order valence-electron chi connectivity index (χ3n) is 4.41. The highest BCUT2D eigenvalue weighted by molar-refractivity contribution is 5.90. The molecule has 1 aliphatic heterocycles. The van der Waals surface area contributed by atoms with Crippen molar-refractivity contribution in [2.45, 2.75) is 25.3 Å². The normalized spacial score (nSPS) is 23.3. The number of hydrogen-bond acceptors (Lipinski definition) is 3. The molecule has 0 radical (unpaired) electrons. The molecular formula is C17H23N3O2. The van der Waals surface area contributed by atoms with Crippen LogP contribution in [0.2, 0.25) is 0 Å². The Labute approximate surface area is 131 Å². The molecule has 0 spiro atoms. The Balaban J connectivity index is 1.59. The van der Waals surface area contributed by atoms with Crippen molar-refractivity contribution in [3.05, 3.63) is 35.9 Å². The maximum atomic E-state index is 12.1. The third kappa shape index (κ3) is 3.25. The molecule has 0 bridgehead atoms. The van der Waals surface area contributed by atoms with Crippen molar-refractivity contribution in [2.75, 3.05) is 30.4 Å². The van der Waals surface area contributed by atoms with Gasteiger partial charge in [-0.2, -0.15) is 0 Å². The van der Waals surface area contributed by atoms with E-state index in [0.717, 1.165) is 31.5 Å². The van der Waals surface area contributed by atoms with Crippen molar-refractivity contribution < 1.29 is 9.90 Å². The topological polar surface area (TPSA) is 64.6 Å². The van der Waals surface area contributed by atoms with Gasteiger partial charge in [-0.3, -0.25) is 0 Å². The number of nitrogens with one attached hydrogen (secondary N) is 2. The number of hydrogen-bond donors (Lipinski definition) is 3. The first-order chi connectivity index (χ1) is 10.7. The van der Waals surface area contributed by atoms with Crippen molar-refractivity contribution in [3.63, 3.8) is 0 Å². The molecule has 0 aromatic heterocycles. The number of amides is 2.